The summed E-state index contributed by atoms with van der Waals surface area (Å²) < 4.78 is 10.9. The number of aromatic nitrogens is 3. The maximum absolute atomic E-state index is 5.75. The van der Waals surface area contributed by atoms with Crippen LogP contribution in [0.5, 0.6) is 0 Å². The maximum atomic E-state index is 5.75. The van der Waals surface area contributed by atoms with E-state index in [1.54, 1.807) is 11.3 Å². The van der Waals surface area contributed by atoms with Crippen LogP contribution in [0, 0.1) is 6.92 Å². The van der Waals surface area contributed by atoms with E-state index in [4.69, 9.17) is 9.26 Å². The van der Waals surface area contributed by atoms with E-state index in [0.717, 1.165) is 23.8 Å². The van der Waals surface area contributed by atoms with E-state index < -0.39 is 0 Å². The molecule has 19 heavy (non-hydrogen) atoms. The highest BCUT2D eigenvalue weighted by Gasteiger charge is 2.32. The molecule has 102 valence electrons. The zero-order valence-electron chi connectivity index (χ0n) is 11.0. The van der Waals surface area contributed by atoms with Crippen LogP contribution in [-0.4, -0.2) is 33.8 Å². The van der Waals surface area contributed by atoms with Gasteiger partial charge in [0.1, 0.15) is 11.6 Å². The Bertz CT molecular complexity index is 562. The minimum atomic E-state index is -0.0962. The van der Waals surface area contributed by atoms with E-state index in [2.05, 4.69) is 27.4 Å². The summed E-state index contributed by atoms with van der Waals surface area (Å²) in [5, 5.41) is 10.1. The molecule has 0 spiro atoms. The Morgan fingerprint density at radius 2 is 2.32 bits per heavy atom. The van der Waals surface area contributed by atoms with E-state index in [1.165, 1.54) is 0 Å². The van der Waals surface area contributed by atoms with E-state index in [9.17, 15) is 0 Å². The van der Waals surface area contributed by atoms with E-state index in [0.29, 0.717) is 24.7 Å². The molecule has 2 aromatic heterocycles. The third kappa shape index (κ3) is 2.99. The monoisotopic (exact) mass is 280 g/mol. The predicted octanol–water partition coefficient (Wildman–Crippen LogP) is 1.30. The number of nitrogens with zero attached hydrogens (tertiary/aromatic N) is 3. The summed E-state index contributed by atoms with van der Waals surface area (Å²) in [4.78, 5) is 8.70. The first-order valence-electron chi connectivity index (χ1n) is 6.20. The smallest absolute Gasteiger partial charge is 0.252 e. The number of thiazole rings is 1. The molecule has 1 fully saturated rings. The highest BCUT2D eigenvalue weighted by molar-refractivity contribution is 7.09. The van der Waals surface area contributed by atoms with E-state index in [1.807, 2.05) is 12.3 Å². The molecule has 3 heterocycles. The Morgan fingerprint density at radius 3 is 2.95 bits per heavy atom. The quantitative estimate of drug-likeness (QED) is 0.890. The van der Waals surface area contributed by atoms with Crippen molar-refractivity contribution in [2.45, 2.75) is 32.5 Å². The maximum Gasteiger partial charge on any atom is 0.252 e. The van der Waals surface area contributed by atoms with Crippen LogP contribution in [0.3, 0.4) is 0 Å². The molecule has 3 rings (SSSR count). The molecule has 0 amide bonds. The van der Waals surface area contributed by atoms with Crippen molar-refractivity contribution in [1.29, 1.82) is 0 Å². The van der Waals surface area contributed by atoms with Crippen LogP contribution in [0.1, 0.15) is 29.3 Å². The predicted molar refractivity (Wildman–Crippen MR) is 70.0 cm³/mol. The average molecular weight is 280 g/mol. The topological polar surface area (TPSA) is 73.1 Å². The van der Waals surface area contributed by atoms with Gasteiger partial charge in [-0.1, -0.05) is 5.16 Å². The number of nitrogens with one attached hydrogen (secondary N) is 1. The van der Waals surface area contributed by atoms with Crippen molar-refractivity contribution >= 4 is 11.3 Å². The Kier molecular flexibility index (Phi) is 3.34. The Morgan fingerprint density at radius 1 is 1.47 bits per heavy atom. The van der Waals surface area contributed by atoms with Crippen LogP contribution in [0.2, 0.25) is 0 Å². The molecule has 0 radical (unpaired) electrons. The normalized spacial score (nSPS) is 17.4. The van der Waals surface area contributed by atoms with Crippen LogP contribution in [0.15, 0.2) is 9.90 Å². The van der Waals surface area contributed by atoms with Crippen LogP contribution in [0.4, 0.5) is 0 Å². The standard InChI is InChI=1S/C12H16N4O2S/c1-8-5-19-11(14-8)3-9-15-10(18-16-9)4-17-12(2)6-13-7-12/h5,13H,3-4,6-7H2,1-2H3. The molecule has 1 saturated heterocycles. The second kappa shape index (κ2) is 4.99. The zero-order chi connectivity index (χ0) is 13.3. The lowest BCUT2D eigenvalue weighted by atomic mass is 10.0. The van der Waals surface area contributed by atoms with E-state index in [-0.39, 0.29) is 5.60 Å². The fourth-order valence-electron chi connectivity index (χ4n) is 1.85. The van der Waals surface area contributed by atoms with Crippen LogP contribution in [-0.2, 0) is 17.8 Å². The third-order valence-electron chi connectivity index (χ3n) is 3.03. The summed E-state index contributed by atoms with van der Waals surface area (Å²) in [5.74, 6) is 1.18. The highest BCUT2D eigenvalue weighted by Crippen LogP contribution is 2.18. The van der Waals surface area contributed by atoms with Crippen molar-refractivity contribution in [2.75, 3.05) is 13.1 Å². The average Bonchev–Trinajstić information content (AvgIpc) is 2.94. The first-order valence-corrected chi connectivity index (χ1v) is 7.08. The summed E-state index contributed by atoms with van der Waals surface area (Å²) in [6.07, 6.45) is 0.612. The van der Waals surface area contributed by atoms with Crippen LogP contribution in [0.25, 0.3) is 0 Å². The third-order valence-corrected chi connectivity index (χ3v) is 3.99. The van der Waals surface area contributed by atoms with Gasteiger partial charge in [0.15, 0.2) is 5.82 Å². The fourth-order valence-corrected chi connectivity index (χ4v) is 2.62. The first-order chi connectivity index (χ1) is 9.13. The molecular formula is C12H16N4O2S. The molecule has 6 nitrogen and oxygen atoms in total. The SMILES string of the molecule is Cc1csc(Cc2noc(COC3(C)CNC3)n2)n1. The summed E-state index contributed by atoms with van der Waals surface area (Å²) in [6.45, 7) is 6.14. The molecule has 0 aliphatic carbocycles. The minimum absolute atomic E-state index is 0.0962. The summed E-state index contributed by atoms with van der Waals surface area (Å²) in [6, 6.07) is 0. The van der Waals surface area contributed by atoms with Gasteiger partial charge in [0, 0.05) is 24.2 Å². The van der Waals surface area contributed by atoms with Crippen molar-refractivity contribution < 1.29 is 9.26 Å². The Balaban J connectivity index is 1.57. The number of hydrogen-bond acceptors (Lipinski definition) is 7. The molecule has 0 bridgehead atoms. The lowest BCUT2D eigenvalue weighted by Gasteiger charge is -2.38. The fraction of sp³-hybridized carbons (Fsp3) is 0.583. The first kappa shape index (κ1) is 12.7. The van der Waals surface area contributed by atoms with Crippen molar-refractivity contribution in [3.05, 3.63) is 27.8 Å². The number of ether oxygens (including phenoxy) is 1. The van der Waals surface area contributed by atoms with E-state index >= 15 is 0 Å². The highest BCUT2D eigenvalue weighted by atomic mass is 32.1. The van der Waals surface area contributed by atoms with Gasteiger partial charge in [0.05, 0.1) is 12.0 Å². The largest absolute Gasteiger partial charge is 0.363 e. The van der Waals surface area contributed by atoms with Crippen LogP contribution < -0.4 is 5.32 Å². The van der Waals surface area contributed by atoms with Gasteiger partial charge in [-0.25, -0.2) is 4.98 Å². The molecule has 0 saturated carbocycles. The van der Waals surface area contributed by atoms with Gasteiger partial charge >= 0.3 is 0 Å². The lowest BCUT2D eigenvalue weighted by Crippen LogP contribution is -2.58. The molecule has 1 aliphatic rings. The second-order valence-corrected chi connectivity index (χ2v) is 5.95. The van der Waals surface area contributed by atoms with Gasteiger partial charge < -0.3 is 14.6 Å². The summed E-state index contributed by atoms with van der Waals surface area (Å²) in [5.41, 5.74) is 0.929. The minimum Gasteiger partial charge on any atom is -0.363 e. The number of aryl methyl sites for hydroxylation is 1. The molecule has 0 atom stereocenters. The Labute approximate surface area is 115 Å². The molecular weight excluding hydrogens is 264 g/mol. The Hall–Kier alpha value is -1.31. The van der Waals surface area contributed by atoms with Crippen molar-refractivity contribution in [3.8, 4) is 0 Å². The van der Waals surface area contributed by atoms with Crippen molar-refractivity contribution in [2.24, 2.45) is 0 Å². The molecule has 0 unspecified atom stereocenters. The van der Waals surface area contributed by atoms with Crippen LogP contribution >= 0.6 is 11.3 Å². The van der Waals surface area contributed by atoms with Gasteiger partial charge in [0.2, 0.25) is 0 Å². The summed E-state index contributed by atoms with van der Waals surface area (Å²) >= 11 is 1.61. The summed E-state index contributed by atoms with van der Waals surface area (Å²) in [7, 11) is 0. The zero-order valence-corrected chi connectivity index (χ0v) is 11.8. The van der Waals surface area contributed by atoms with Gasteiger partial charge in [-0.3, -0.25) is 0 Å². The second-order valence-electron chi connectivity index (χ2n) is 5.01. The molecule has 1 N–H and O–H groups in total. The van der Waals surface area contributed by atoms with Gasteiger partial charge in [-0.2, -0.15) is 4.98 Å². The van der Waals surface area contributed by atoms with Gasteiger partial charge in [0.25, 0.3) is 5.89 Å². The number of rotatable bonds is 5. The van der Waals surface area contributed by atoms with Crippen molar-refractivity contribution in [3.63, 3.8) is 0 Å². The lowest BCUT2D eigenvalue weighted by molar-refractivity contribution is -0.0841. The molecule has 7 heteroatoms. The van der Waals surface area contributed by atoms with Gasteiger partial charge in [-0.15, -0.1) is 11.3 Å². The van der Waals surface area contributed by atoms with Gasteiger partial charge in [-0.05, 0) is 13.8 Å². The van der Waals surface area contributed by atoms with Crippen molar-refractivity contribution in [1.82, 2.24) is 20.4 Å². The molecule has 0 aromatic carbocycles. The molecule has 2 aromatic rings. The number of hydrogen-bond donors (Lipinski definition) is 1. The molecule has 1 aliphatic heterocycles.